The maximum absolute atomic E-state index is 11.0. The molecule has 0 saturated heterocycles. The lowest BCUT2D eigenvalue weighted by atomic mass is 10.5. The molecule has 0 aliphatic carbocycles. The zero-order valence-corrected chi connectivity index (χ0v) is 9.34. The van der Waals surface area contributed by atoms with Crippen molar-refractivity contribution in [2.45, 2.75) is 6.92 Å². The Morgan fingerprint density at radius 2 is 2.33 bits per heavy atom. The molecule has 15 heavy (non-hydrogen) atoms. The van der Waals surface area contributed by atoms with Crippen molar-refractivity contribution in [3.05, 3.63) is 18.0 Å². The Balaban J connectivity index is 2.45. The molecule has 0 aromatic carbocycles. The number of aromatic nitrogens is 2. The van der Waals surface area contributed by atoms with Crippen molar-refractivity contribution in [1.29, 1.82) is 0 Å². The first-order valence-corrected chi connectivity index (χ1v) is 5.94. The highest BCUT2D eigenvalue weighted by Crippen LogP contribution is 2.00. The van der Waals surface area contributed by atoms with Gasteiger partial charge < -0.3 is 4.74 Å². The van der Waals surface area contributed by atoms with Gasteiger partial charge in [0.1, 0.15) is 6.61 Å². The van der Waals surface area contributed by atoms with Crippen LogP contribution in [0.3, 0.4) is 0 Å². The molecule has 83 valence electrons. The quantitative estimate of drug-likeness (QED) is 0.738. The summed E-state index contributed by atoms with van der Waals surface area (Å²) in [6.45, 7) is 1.77. The molecule has 1 aromatic heterocycles. The first-order chi connectivity index (χ1) is 7.03. The molecule has 6 nitrogen and oxygen atoms in total. The van der Waals surface area contributed by atoms with Crippen LogP contribution in [-0.4, -0.2) is 37.8 Å². The molecule has 0 unspecified atom stereocenters. The third kappa shape index (κ3) is 4.22. The van der Waals surface area contributed by atoms with Crippen LogP contribution in [0.25, 0.3) is 0 Å². The van der Waals surface area contributed by atoms with Gasteiger partial charge in [-0.05, 0) is 14.0 Å². The molecule has 1 aromatic rings. The average Bonchev–Trinajstić information content (AvgIpc) is 2.18. The monoisotopic (exact) mass is 230 g/mol. The minimum absolute atomic E-state index is 0.0205. The van der Waals surface area contributed by atoms with Gasteiger partial charge in [0.05, 0.1) is 11.4 Å². The number of ether oxygens (including phenoxy) is 1. The van der Waals surface area contributed by atoms with E-state index in [0.717, 1.165) is 0 Å². The van der Waals surface area contributed by atoms with E-state index in [1.807, 2.05) is 0 Å². The van der Waals surface area contributed by atoms with Crippen LogP contribution in [-0.2, 0) is 10.0 Å². The van der Waals surface area contributed by atoms with Gasteiger partial charge in [-0.2, -0.15) is 4.98 Å². The van der Waals surface area contributed by atoms with Gasteiger partial charge in [-0.1, -0.05) is 0 Å². The van der Waals surface area contributed by atoms with Crippen LogP contribution in [0.5, 0.6) is 6.01 Å². The fourth-order valence-corrected chi connectivity index (χ4v) is 1.31. The molecule has 0 saturated carbocycles. The first kappa shape index (κ1) is 11.9. The van der Waals surface area contributed by atoms with Crippen LogP contribution in [0.15, 0.2) is 6.20 Å². The molecule has 1 rings (SSSR count). The fraction of sp³-hybridized carbons (Fsp3) is 0.500. The van der Waals surface area contributed by atoms with E-state index in [0.29, 0.717) is 5.69 Å². The Morgan fingerprint density at radius 1 is 1.60 bits per heavy atom. The average molecular weight is 230 g/mol. The topological polar surface area (TPSA) is 81.2 Å². The number of sulfonamides is 1. The lowest BCUT2D eigenvalue weighted by molar-refractivity contribution is 0.312. The van der Waals surface area contributed by atoms with E-state index in [1.165, 1.54) is 13.2 Å². The standard InChI is InChI=1S/C8H12N3O3S/c1-7-3-4-10-8(11-7)14-5-6-15(12,13)9-2/h4,9H,5-6H2,1-2H3. The number of aryl methyl sites for hydroxylation is 1. The highest BCUT2D eigenvalue weighted by atomic mass is 32.2. The van der Waals surface area contributed by atoms with Crippen molar-refractivity contribution in [2.75, 3.05) is 19.4 Å². The predicted molar refractivity (Wildman–Crippen MR) is 53.9 cm³/mol. The van der Waals surface area contributed by atoms with Gasteiger partial charge in [-0.25, -0.2) is 18.1 Å². The van der Waals surface area contributed by atoms with E-state index in [4.69, 9.17) is 4.74 Å². The lowest BCUT2D eigenvalue weighted by Gasteiger charge is -2.04. The Kier molecular flexibility index (Phi) is 3.98. The second-order valence-electron chi connectivity index (χ2n) is 2.75. The molecule has 1 heterocycles. The Bertz CT molecular complexity index is 419. The molecule has 0 fully saturated rings. The molecular weight excluding hydrogens is 218 g/mol. The molecule has 0 bridgehead atoms. The second-order valence-corrected chi connectivity index (χ2v) is 4.80. The highest BCUT2D eigenvalue weighted by Gasteiger charge is 2.07. The summed E-state index contributed by atoms with van der Waals surface area (Å²) in [4.78, 5) is 7.70. The van der Waals surface area contributed by atoms with Gasteiger partial charge in [0, 0.05) is 12.3 Å². The zero-order chi connectivity index (χ0) is 11.3. The third-order valence-electron chi connectivity index (χ3n) is 1.61. The largest absolute Gasteiger partial charge is 0.462 e. The normalized spacial score (nSPS) is 11.3. The highest BCUT2D eigenvalue weighted by molar-refractivity contribution is 7.89. The summed E-state index contributed by atoms with van der Waals surface area (Å²) >= 11 is 0. The van der Waals surface area contributed by atoms with E-state index in [9.17, 15) is 8.42 Å². The van der Waals surface area contributed by atoms with Crippen molar-refractivity contribution in [2.24, 2.45) is 0 Å². The van der Waals surface area contributed by atoms with Gasteiger partial charge in [0.25, 0.3) is 0 Å². The predicted octanol–water partition coefficient (Wildman–Crippen LogP) is -0.487. The van der Waals surface area contributed by atoms with Crippen molar-refractivity contribution in [3.8, 4) is 6.01 Å². The molecule has 0 aliphatic heterocycles. The summed E-state index contributed by atoms with van der Waals surface area (Å²) in [6.07, 6.45) is 1.43. The van der Waals surface area contributed by atoms with E-state index in [-0.39, 0.29) is 18.4 Å². The van der Waals surface area contributed by atoms with Crippen LogP contribution >= 0.6 is 0 Å². The third-order valence-corrected chi connectivity index (χ3v) is 2.93. The zero-order valence-electron chi connectivity index (χ0n) is 8.52. The minimum Gasteiger partial charge on any atom is -0.462 e. The summed E-state index contributed by atoms with van der Waals surface area (Å²) in [5, 5.41) is 0. The Labute approximate surface area is 88.8 Å². The van der Waals surface area contributed by atoms with Crippen molar-refractivity contribution in [3.63, 3.8) is 0 Å². The molecule has 0 spiro atoms. The van der Waals surface area contributed by atoms with Crippen molar-refractivity contribution in [1.82, 2.24) is 14.7 Å². The number of rotatable bonds is 5. The van der Waals surface area contributed by atoms with Crippen molar-refractivity contribution < 1.29 is 13.2 Å². The summed E-state index contributed by atoms with van der Waals surface area (Å²) in [5.41, 5.74) is 0.650. The number of nitrogens with zero attached hydrogens (tertiary/aromatic N) is 2. The van der Waals surface area contributed by atoms with Crippen LogP contribution in [0.2, 0.25) is 0 Å². The van der Waals surface area contributed by atoms with Gasteiger partial charge in [0.15, 0.2) is 0 Å². The number of nitrogens with one attached hydrogen (secondary N) is 1. The van der Waals surface area contributed by atoms with E-state index in [2.05, 4.69) is 20.8 Å². The fourth-order valence-electron chi connectivity index (χ4n) is 0.800. The summed E-state index contributed by atoms with van der Waals surface area (Å²) in [6, 6.07) is 2.92. The molecule has 0 atom stereocenters. The number of hydrogen-bond donors (Lipinski definition) is 1. The summed E-state index contributed by atoms with van der Waals surface area (Å²) in [5.74, 6) is -0.121. The summed E-state index contributed by atoms with van der Waals surface area (Å²) in [7, 11) is -1.88. The van der Waals surface area contributed by atoms with E-state index in [1.54, 1.807) is 6.92 Å². The van der Waals surface area contributed by atoms with Crippen LogP contribution in [0, 0.1) is 13.0 Å². The molecule has 7 heteroatoms. The summed E-state index contributed by atoms with van der Waals surface area (Å²) < 4.78 is 29.3. The number of hydrogen-bond acceptors (Lipinski definition) is 5. The lowest BCUT2D eigenvalue weighted by Crippen LogP contribution is -2.25. The van der Waals surface area contributed by atoms with Gasteiger partial charge in [-0.15, -0.1) is 0 Å². The van der Waals surface area contributed by atoms with Gasteiger partial charge in [0.2, 0.25) is 10.0 Å². The maximum Gasteiger partial charge on any atom is 0.316 e. The van der Waals surface area contributed by atoms with E-state index < -0.39 is 10.0 Å². The molecule has 0 aliphatic rings. The molecular formula is C8H12N3O3S. The molecule has 1 N–H and O–H groups in total. The van der Waals surface area contributed by atoms with Gasteiger partial charge >= 0.3 is 6.01 Å². The SMILES string of the molecule is CNS(=O)(=O)CCOc1nc[c]c(C)n1. The first-order valence-electron chi connectivity index (χ1n) is 4.29. The van der Waals surface area contributed by atoms with Gasteiger partial charge in [-0.3, -0.25) is 0 Å². The van der Waals surface area contributed by atoms with Crippen LogP contribution in [0.4, 0.5) is 0 Å². The minimum atomic E-state index is -3.24. The molecule has 0 amide bonds. The Morgan fingerprint density at radius 3 is 2.93 bits per heavy atom. The van der Waals surface area contributed by atoms with Crippen LogP contribution in [0.1, 0.15) is 5.69 Å². The van der Waals surface area contributed by atoms with Crippen LogP contribution < -0.4 is 9.46 Å². The molecule has 1 radical (unpaired) electrons. The second kappa shape index (κ2) is 5.04. The Hall–Kier alpha value is -1.21. The van der Waals surface area contributed by atoms with Crippen molar-refractivity contribution >= 4 is 10.0 Å². The maximum atomic E-state index is 11.0. The van der Waals surface area contributed by atoms with E-state index >= 15 is 0 Å². The smallest absolute Gasteiger partial charge is 0.316 e.